The third-order valence-corrected chi connectivity index (χ3v) is 3.50. The van der Waals surface area contributed by atoms with E-state index in [1.807, 2.05) is 0 Å². The molecule has 2 N–H and O–H groups in total. The highest BCUT2D eigenvalue weighted by Crippen LogP contribution is 2.17. The van der Waals surface area contributed by atoms with Gasteiger partial charge in [0.25, 0.3) is 5.91 Å². The number of nitrogens with zero attached hydrogens (tertiary/aromatic N) is 1. The second-order valence-electron chi connectivity index (χ2n) is 3.22. The predicted molar refractivity (Wildman–Crippen MR) is 66.7 cm³/mol. The zero-order valence-electron chi connectivity index (χ0n) is 8.84. The van der Waals surface area contributed by atoms with Crippen molar-refractivity contribution >= 4 is 39.1 Å². The number of carboxylic acid groups (broad SMARTS) is 1. The molecule has 0 bridgehead atoms. The van der Waals surface area contributed by atoms with Crippen LogP contribution in [0.4, 0.5) is 0 Å². The summed E-state index contributed by atoms with van der Waals surface area (Å²) in [7, 11) is 0. The number of carboxylic acids is 1. The summed E-state index contributed by atoms with van der Waals surface area (Å²) < 4.78 is 5.29. The lowest BCUT2D eigenvalue weighted by Gasteiger charge is -2.00. The number of nitrogens with one attached hydrogen (secondary N) is 1. The first-order valence-corrected chi connectivity index (χ1v) is 6.44. The summed E-state index contributed by atoms with van der Waals surface area (Å²) in [5.74, 6) is -1.40. The van der Waals surface area contributed by atoms with Gasteiger partial charge < -0.3 is 14.8 Å². The Morgan fingerprint density at radius 3 is 2.89 bits per heavy atom. The number of carbonyl (C=O) groups excluding carboxylic acids is 1. The zero-order chi connectivity index (χ0) is 13.1. The Kier molecular flexibility index (Phi) is 3.78. The average molecular weight is 331 g/mol. The van der Waals surface area contributed by atoms with E-state index in [9.17, 15) is 9.59 Å². The summed E-state index contributed by atoms with van der Waals surface area (Å²) in [4.78, 5) is 26.2. The van der Waals surface area contributed by atoms with Crippen LogP contribution in [0, 0.1) is 0 Å². The van der Waals surface area contributed by atoms with Crippen molar-refractivity contribution in [2.24, 2.45) is 0 Å². The van der Waals surface area contributed by atoms with E-state index in [2.05, 4.69) is 26.2 Å². The summed E-state index contributed by atoms with van der Waals surface area (Å²) in [5, 5.41) is 13.3. The molecular formula is C10H7BrN2O4S. The topological polar surface area (TPSA) is 92.4 Å². The van der Waals surface area contributed by atoms with Gasteiger partial charge in [0.2, 0.25) is 0 Å². The van der Waals surface area contributed by atoms with Gasteiger partial charge in [0, 0.05) is 5.38 Å². The Morgan fingerprint density at radius 1 is 1.56 bits per heavy atom. The second kappa shape index (κ2) is 5.32. The normalized spacial score (nSPS) is 10.3. The first-order valence-electron chi connectivity index (χ1n) is 4.77. The minimum absolute atomic E-state index is 0.0197. The van der Waals surface area contributed by atoms with E-state index in [0.29, 0.717) is 15.2 Å². The fraction of sp³-hybridized carbons (Fsp3) is 0.100. The van der Waals surface area contributed by atoms with E-state index in [4.69, 9.17) is 9.52 Å². The maximum absolute atomic E-state index is 11.7. The molecule has 2 aromatic heterocycles. The highest BCUT2D eigenvalue weighted by atomic mass is 79.9. The van der Waals surface area contributed by atoms with E-state index >= 15 is 0 Å². The van der Waals surface area contributed by atoms with Crippen molar-refractivity contribution in [1.29, 1.82) is 0 Å². The van der Waals surface area contributed by atoms with Crippen molar-refractivity contribution in [2.45, 2.75) is 6.54 Å². The number of thiazole rings is 1. The molecule has 0 atom stereocenters. The molecule has 6 nitrogen and oxygen atoms in total. The molecule has 0 aliphatic heterocycles. The number of halogens is 1. The summed E-state index contributed by atoms with van der Waals surface area (Å²) in [6.45, 7) is 0.175. The van der Waals surface area contributed by atoms with Gasteiger partial charge in [0.15, 0.2) is 10.4 Å². The molecule has 0 aliphatic rings. The van der Waals surface area contributed by atoms with Crippen molar-refractivity contribution in [3.8, 4) is 0 Å². The molecule has 0 aromatic carbocycles. The monoisotopic (exact) mass is 330 g/mol. The fourth-order valence-corrected chi connectivity index (χ4v) is 2.33. The molecule has 0 spiro atoms. The summed E-state index contributed by atoms with van der Waals surface area (Å²) in [5.41, 5.74) is 0.360. The van der Waals surface area contributed by atoms with Crippen molar-refractivity contribution < 1.29 is 19.1 Å². The standard InChI is InChI=1S/C10H7BrN2O4S/c11-8-5(1-2-17-8)9(14)12-3-7-13-6(4-18-7)10(15)16/h1-2,4H,3H2,(H,12,14)(H,15,16). The first kappa shape index (κ1) is 12.8. The highest BCUT2D eigenvalue weighted by molar-refractivity contribution is 9.10. The van der Waals surface area contributed by atoms with Crippen molar-refractivity contribution in [3.05, 3.63) is 38.6 Å². The first-order chi connectivity index (χ1) is 8.58. The molecule has 0 saturated heterocycles. The molecule has 2 rings (SSSR count). The van der Waals surface area contributed by atoms with Gasteiger partial charge in [-0.1, -0.05) is 0 Å². The number of amides is 1. The highest BCUT2D eigenvalue weighted by Gasteiger charge is 2.13. The second-order valence-corrected chi connectivity index (χ2v) is 4.89. The molecule has 8 heteroatoms. The van der Waals surface area contributed by atoms with Crippen LogP contribution in [0.3, 0.4) is 0 Å². The van der Waals surface area contributed by atoms with Crippen LogP contribution in [0.2, 0.25) is 0 Å². The lowest BCUT2D eigenvalue weighted by molar-refractivity contribution is 0.0691. The number of rotatable bonds is 4. The van der Waals surface area contributed by atoms with Gasteiger partial charge in [-0.25, -0.2) is 9.78 Å². The van der Waals surface area contributed by atoms with Crippen LogP contribution in [0.5, 0.6) is 0 Å². The molecule has 0 unspecified atom stereocenters. The third-order valence-electron chi connectivity index (χ3n) is 2.03. The molecule has 0 fully saturated rings. The van der Waals surface area contributed by atoms with E-state index in [1.165, 1.54) is 29.0 Å². The molecule has 0 saturated carbocycles. The minimum atomic E-state index is -1.08. The smallest absolute Gasteiger partial charge is 0.355 e. The van der Waals surface area contributed by atoms with Crippen LogP contribution in [-0.4, -0.2) is 22.0 Å². The van der Waals surface area contributed by atoms with Gasteiger partial charge in [-0.2, -0.15) is 0 Å². The summed E-state index contributed by atoms with van der Waals surface area (Å²) in [6, 6.07) is 1.53. The van der Waals surface area contributed by atoms with Crippen LogP contribution in [-0.2, 0) is 6.54 Å². The van der Waals surface area contributed by atoms with Crippen LogP contribution >= 0.6 is 27.3 Å². The lowest BCUT2D eigenvalue weighted by Crippen LogP contribution is -2.22. The van der Waals surface area contributed by atoms with E-state index < -0.39 is 5.97 Å². The molecular weight excluding hydrogens is 324 g/mol. The van der Waals surface area contributed by atoms with Gasteiger partial charge in [-0.3, -0.25) is 4.79 Å². The Hall–Kier alpha value is -1.67. The van der Waals surface area contributed by atoms with Gasteiger partial charge in [0.1, 0.15) is 5.01 Å². The molecule has 94 valence electrons. The van der Waals surface area contributed by atoms with Crippen molar-refractivity contribution in [2.75, 3.05) is 0 Å². The van der Waals surface area contributed by atoms with Crippen LogP contribution < -0.4 is 5.32 Å². The van der Waals surface area contributed by atoms with Gasteiger partial charge in [-0.05, 0) is 22.0 Å². The Bertz CT molecular complexity index is 592. The Morgan fingerprint density at radius 2 is 2.33 bits per heavy atom. The summed E-state index contributed by atoms with van der Waals surface area (Å²) in [6.07, 6.45) is 1.39. The van der Waals surface area contributed by atoms with Crippen molar-refractivity contribution in [1.82, 2.24) is 10.3 Å². The van der Waals surface area contributed by atoms with Gasteiger partial charge in [0.05, 0.1) is 18.4 Å². The summed E-state index contributed by atoms with van der Waals surface area (Å²) >= 11 is 4.28. The maximum Gasteiger partial charge on any atom is 0.355 e. The zero-order valence-corrected chi connectivity index (χ0v) is 11.2. The van der Waals surface area contributed by atoms with Gasteiger partial charge in [-0.15, -0.1) is 11.3 Å². The lowest BCUT2D eigenvalue weighted by atomic mass is 10.3. The number of hydrogen-bond donors (Lipinski definition) is 2. The van der Waals surface area contributed by atoms with Crippen LogP contribution in [0.25, 0.3) is 0 Å². The number of carbonyl (C=O) groups is 2. The van der Waals surface area contributed by atoms with E-state index in [1.54, 1.807) is 0 Å². The molecule has 0 aliphatic carbocycles. The quantitative estimate of drug-likeness (QED) is 0.895. The molecule has 1 amide bonds. The minimum Gasteiger partial charge on any atom is -0.476 e. The Labute approximate surface area is 114 Å². The van der Waals surface area contributed by atoms with E-state index in [0.717, 1.165) is 0 Å². The molecule has 2 aromatic rings. The number of furan rings is 1. The average Bonchev–Trinajstić information content (AvgIpc) is 2.94. The third kappa shape index (κ3) is 2.77. The Balaban J connectivity index is 1.97. The predicted octanol–water partition coefficient (Wildman–Crippen LogP) is 2.13. The number of aromatic carboxylic acids is 1. The largest absolute Gasteiger partial charge is 0.476 e. The molecule has 0 radical (unpaired) electrons. The van der Waals surface area contributed by atoms with Gasteiger partial charge >= 0.3 is 5.97 Å². The fourth-order valence-electron chi connectivity index (χ4n) is 1.20. The molecule has 2 heterocycles. The SMILES string of the molecule is O=C(O)c1csc(CNC(=O)c2ccoc2Br)n1. The molecule has 18 heavy (non-hydrogen) atoms. The maximum atomic E-state index is 11.7. The van der Waals surface area contributed by atoms with Crippen LogP contribution in [0.1, 0.15) is 25.9 Å². The van der Waals surface area contributed by atoms with E-state index in [-0.39, 0.29) is 18.1 Å². The number of hydrogen-bond acceptors (Lipinski definition) is 5. The van der Waals surface area contributed by atoms with Crippen molar-refractivity contribution in [3.63, 3.8) is 0 Å². The number of aromatic nitrogens is 1. The van der Waals surface area contributed by atoms with Crippen LogP contribution in [0.15, 0.2) is 26.8 Å².